The molecule has 5 nitrogen and oxygen atoms in total. The van der Waals surface area contributed by atoms with Crippen LogP contribution >= 0.6 is 11.6 Å². The molecule has 0 spiro atoms. The van der Waals surface area contributed by atoms with Gasteiger partial charge in [0.05, 0.1) is 6.61 Å². The third kappa shape index (κ3) is 4.72. The standard InChI is InChI=1S/C15H16ClN3O2/c1-2-3-10-21-12-6-4-11(5-7-12)14(20)18-13-8-9-17-15(16)19-13/h4-9H,2-3,10H2,1H3,(H,17,18,19,20). The largest absolute Gasteiger partial charge is 0.494 e. The second-order valence-electron chi connectivity index (χ2n) is 4.39. The number of carbonyl (C=O) groups excluding carboxylic acids is 1. The first-order chi connectivity index (χ1) is 10.2. The fraction of sp³-hybridized carbons (Fsp3) is 0.267. The summed E-state index contributed by atoms with van der Waals surface area (Å²) in [6.45, 7) is 2.79. The van der Waals surface area contributed by atoms with Gasteiger partial charge in [0.2, 0.25) is 5.28 Å². The van der Waals surface area contributed by atoms with Gasteiger partial charge in [-0.05, 0) is 48.4 Å². The van der Waals surface area contributed by atoms with E-state index in [1.807, 2.05) is 0 Å². The Bertz CT molecular complexity index is 602. The molecule has 0 saturated carbocycles. The van der Waals surface area contributed by atoms with Crippen molar-refractivity contribution in [3.8, 4) is 5.75 Å². The van der Waals surface area contributed by atoms with Gasteiger partial charge in [-0.2, -0.15) is 0 Å². The van der Waals surface area contributed by atoms with Crippen LogP contribution in [0.5, 0.6) is 5.75 Å². The van der Waals surface area contributed by atoms with E-state index < -0.39 is 0 Å². The maximum atomic E-state index is 12.0. The highest BCUT2D eigenvalue weighted by Crippen LogP contribution is 2.14. The summed E-state index contributed by atoms with van der Waals surface area (Å²) in [6, 6.07) is 8.54. The van der Waals surface area contributed by atoms with E-state index in [0.29, 0.717) is 18.0 Å². The summed E-state index contributed by atoms with van der Waals surface area (Å²) in [4.78, 5) is 19.7. The lowest BCUT2D eigenvalue weighted by atomic mass is 10.2. The number of nitrogens with zero attached hydrogens (tertiary/aromatic N) is 2. The zero-order valence-corrected chi connectivity index (χ0v) is 12.4. The minimum atomic E-state index is -0.259. The van der Waals surface area contributed by atoms with Gasteiger partial charge in [0.25, 0.3) is 5.91 Å². The number of halogens is 1. The lowest BCUT2D eigenvalue weighted by Gasteiger charge is -2.07. The molecule has 0 fully saturated rings. The summed E-state index contributed by atoms with van der Waals surface area (Å²) in [5.41, 5.74) is 0.521. The van der Waals surface area contributed by atoms with Crippen molar-refractivity contribution in [1.82, 2.24) is 9.97 Å². The van der Waals surface area contributed by atoms with Crippen LogP contribution in [0, 0.1) is 0 Å². The minimum Gasteiger partial charge on any atom is -0.494 e. The van der Waals surface area contributed by atoms with Crippen molar-refractivity contribution in [2.75, 3.05) is 11.9 Å². The highest BCUT2D eigenvalue weighted by Gasteiger charge is 2.07. The lowest BCUT2D eigenvalue weighted by Crippen LogP contribution is -2.13. The van der Waals surface area contributed by atoms with Crippen LogP contribution < -0.4 is 10.1 Å². The van der Waals surface area contributed by atoms with Gasteiger partial charge < -0.3 is 10.1 Å². The number of hydrogen-bond acceptors (Lipinski definition) is 4. The Hall–Kier alpha value is -2.14. The van der Waals surface area contributed by atoms with Gasteiger partial charge in [-0.1, -0.05) is 13.3 Å². The topological polar surface area (TPSA) is 64.1 Å². The molecule has 0 atom stereocenters. The third-order valence-electron chi connectivity index (χ3n) is 2.75. The van der Waals surface area contributed by atoms with Crippen LogP contribution in [0.4, 0.5) is 5.82 Å². The molecular weight excluding hydrogens is 290 g/mol. The quantitative estimate of drug-likeness (QED) is 0.654. The molecule has 1 amide bonds. The Morgan fingerprint density at radius 1 is 1.29 bits per heavy atom. The molecule has 6 heteroatoms. The molecular formula is C15H16ClN3O2. The van der Waals surface area contributed by atoms with Crippen molar-refractivity contribution in [3.63, 3.8) is 0 Å². The van der Waals surface area contributed by atoms with Crippen molar-refractivity contribution in [2.24, 2.45) is 0 Å². The number of nitrogens with one attached hydrogen (secondary N) is 1. The Balaban J connectivity index is 1.96. The van der Waals surface area contributed by atoms with Gasteiger partial charge in [0, 0.05) is 11.8 Å². The van der Waals surface area contributed by atoms with Crippen LogP contribution in [0.3, 0.4) is 0 Å². The van der Waals surface area contributed by atoms with E-state index >= 15 is 0 Å². The van der Waals surface area contributed by atoms with E-state index in [1.165, 1.54) is 6.20 Å². The molecule has 21 heavy (non-hydrogen) atoms. The summed E-state index contributed by atoms with van der Waals surface area (Å²) in [5, 5.41) is 2.75. The van der Waals surface area contributed by atoms with E-state index in [2.05, 4.69) is 22.2 Å². The van der Waals surface area contributed by atoms with Gasteiger partial charge in [-0.25, -0.2) is 9.97 Å². The average Bonchev–Trinajstić information content (AvgIpc) is 2.48. The molecule has 1 N–H and O–H groups in total. The van der Waals surface area contributed by atoms with E-state index in [4.69, 9.17) is 16.3 Å². The van der Waals surface area contributed by atoms with Crippen LogP contribution in [-0.2, 0) is 0 Å². The maximum absolute atomic E-state index is 12.0. The monoisotopic (exact) mass is 305 g/mol. The number of hydrogen-bond donors (Lipinski definition) is 1. The van der Waals surface area contributed by atoms with E-state index in [1.54, 1.807) is 30.3 Å². The van der Waals surface area contributed by atoms with Crippen LogP contribution in [-0.4, -0.2) is 22.5 Å². The molecule has 0 radical (unpaired) electrons. The predicted molar refractivity (Wildman–Crippen MR) is 81.8 cm³/mol. The number of benzene rings is 1. The Labute approximate surface area is 128 Å². The number of aromatic nitrogens is 2. The molecule has 1 aromatic heterocycles. The number of unbranched alkanes of at least 4 members (excludes halogenated alkanes) is 1. The first-order valence-corrected chi connectivity index (χ1v) is 7.09. The van der Waals surface area contributed by atoms with Crippen LogP contribution in [0.1, 0.15) is 30.1 Å². The molecule has 0 unspecified atom stereocenters. The molecule has 0 aliphatic rings. The summed E-state index contributed by atoms with van der Waals surface area (Å²) in [6.07, 6.45) is 3.58. The summed E-state index contributed by atoms with van der Waals surface area (Å²) < 4.78 is 5.55. The fourth-order valence-corrected chi connectivity index (χ4v) is 1.78. The number of anilines is 1. The van der Waals surface area contributed by atoms with Gasteiger partial charge in [-0.3, -0.25) is 4.79 Å². The fourth-order valence-electron chi connectivity index (χ4n) is 1.63. The van der Waals surface area contributed by atoms with E-state index in [0.717, 1.165) is 18.6 Å². The molecule has 0 aliphatic heterocycles. The lowest BCUT2D eigenvalue weighted by molar-refractivity contribution is 0.102. The number of rotatable bonds is 6. The zero-order chi connectivity index (χ0) is 15.1. The number of amides is 1. The summed E-state index contributed by atoms with van der Waals surface area (Å²) >= 11 is 5.67. The third-order valence-corrected chi connectivity index (χ3v) is 2.93. The number of ether oxygens (including phenoxy) is 1. The predicted octanol–water partition coefficient (Wildman–Crippen LogP) is 3.56. The first kappa shape index (κ1) is 15.3. The molecule has 2 aromatic rings. The van der Waals surface area contributed by atoms with Crippen LogP contribution in [0.15, 0.2) is 36.5 Å². The zero-order valence-electron chi connectivity index (χ0n) is 11.7. The van der Waals surface area contributed by atoms with Gasteiger partial charge in [0.15, 0.2) is 0 Å². The Morgan fingerprint density at radius 3 is 2.71 bits per heavy atom. The normalized spacial score (nSPS) is 10.2. The highest BCUT2D eigenvalue weighted by molar-refractivity contribution is 6.28. The smallest absolute Gasteiger partial charge is 0.256 e. The second kappa shape index (κ2) is 7.59. The van der Waals surface area contributed by atoms with Crippen molar-refractivity contribution >= 4 is 23.3 Å². The molecule has 0 saturated heterocycles. The van der Waals surface area contributed by atoms with Crippen LogP contribution in [0.25, 0.3) is 0 Å². The maximum Gasteiger partial charge on any atom is 0.256 e. The van der Waals surface area contributed by atoms with Crippen LogP contribution in [0.2, 0.25) is 5.28 Å². The van der Waals surface area contributed by atoms with E-state index in [-0.39, 0.29) is 11.2 Å². The highest BCUT2D eigenvalue weighted by atomic mass is 35.5. The van der Waals surface area contributed by atoms with Crippen molar-refractivity contribution in [1.29, 1.82) is 0 Å². The van der Waals surface area contributed by atoms with Crippen molar-refractivity contribution in [2.45, 2.75) is 19.8 Å². The summed E-state index contributed by atoms with van der Waals surface area (Å²) in [7, 11) is 0. The Kier molecular flexibility index (Phi) is 5.51. The Morgan fingerprint density at radius 2 is 2.05 bits per heavy atom. The van der Waals surface area contributed by atoms with Gasteiger partial charge in [-0.15, -0.1) is 0 Å². The molecule has 2 rings (SSSR count). The van der Waals surface area contributed by atoms with Gasteiger partial charge >= 0.3 is 0 Å². The van der Waals surface area contributed by atoms with Gasteiger partial charge in [0.1, 0.15) is 11.6 Å². The molecule has 0 bridgehead atoms. The van der Waals surface area contributed by atoms with Crippen molar-refractivity contribution in [3.05, 3.63) is 47.4 Å². The second-order valence-corrected chi connectivity index (χ2v) is 4.73. The average molecular weight is 306 g/mol. The SMILES string of the molecule is CCCCOc1ccc(C(=O)Nc2ccnc(Cl)n2)cc1. The van der Waals surface area contributed by atoms with E-state index in [9.17, 15) is 4.79 Å². The number of carbonyl (C=O) groups is 1. The molecule has 110 valence electrons. The minimum absolute atomic E-state index is 0.0903. The molecule has 1 aromatic carbocycles. The molecule has 1 heterocycles. The summed E-state index contributed by atoms with van der Waals surface area (Å²) in [5.74, 6) is 0.859. The molecule has 0 aliphatic carbocycles. The van der Waals surface area contributed by atoms with Crippen molar-refractivity contribution < 1.29 is 9.53 Å². The first-order valence-electron chi connectivity index (χ1n) is 6.72.